The van der Waals surface area contributed by atoms with Gasteiger partial charge in [0, 0.05) is 46.6 Å². The molecule has 3 rings (SSSR count). The Labute approximate surface area is 163 Å². The number of aromatic amines is 1. The average molecular weight is 384 g/mol. The molecule has 1 amide bonds. The highest BCUT2D eigenvalue weighted by atomic mass is 35.5. The maximum atomic E-state index is 12.6. The molecule has 0 unspecified atom stereocenters. The molecule has 0 aliphatic carbocycles. The maximum Gasteiger partial charge on any atom is 0.296 e. The van der Waals surface area contributed by atoms with Crippen LogP contribution in [0.25, 0.3) is 10.9 Å². The molecule has 27 heavy (non-hydrogen) atoms. The number of Topliss-reactive ketones (excluding diaryl/α,β-unsaturated/α-hetero) is 1. The Morgan fingerprint density at radius 1 is 1.11 bits per heavy atom. The van der Waals surface area contributed by atoms with Gasteiger partial charge in [0.05, 0.1) is 5.56 Å². The number of carbonyl (C=O) groups excluding carboxylic acids is 2. The van der Waals surface area contributed by atoms with Gasteiger partial charge < -0.3 is 15.2 Å². The van der Waals surface area contributed by atoms with Crippen LogP contribution in [0.4, 0.5) is 11.4 Å². The molecule has 0 radical (unpaired) electrons. The molecule has 0 saturated carbocycles. The topological polar surface area (TPSA) is 65.2 Å². The number of nitrogens with one attached hydrogen (secondary N) is 2. The number of carbonyl (C=O) groups is 2. The van der Waals surface area contributed by atoms with E-state index in [1.165, 1.54) is 0 Å². The van der Waals surface area contributed by atoms with Crippen LogP contribution in [0.15, 0.2) is 42.6 Å². The summed E-state index contributed by atoms with van der Waals surface area (Å²) >= 11 is 6.02. The van der Waals surface area contributed by atoms with E-state index in [0.29, 0.717) is 21.7 Å². The minimum Gasteiger partial charge on any atom is -0.372 e. The van der Waals surface area contributed by atoms with Crippen LogP contribution in [0.5, 0.6) is 0 Å². The van der Waals surface area contributed by atoms with Crippen molar-refractivity contribution in [3.8, 4) is 0 Å². The quantitative estimate of drug-likeness (QED) is 0.474. The summed E-state index contributed by atoms with van der Waals surface area (Å²) in [6.07, 6.45) is 1.54. The fraction of sp³-hybridized carbons (Fsp3) is 0.238. The third kappa shape index (κ3) is 3.83. The molecule has 0 fully saturated rings. The number of amides is 1. The second-order valence-electron chi connectivity index (χ2n) is 6.35. The van der Waals surface area contributed by atoms with E-state index in [-0.39, 0.29) is 0 Å². The van der Waals surface area contributed by atoms with E-state index in [1.807, 2.05) is 25.1 Å². The molecular weight excluding hydrogens is 362 g/mol. The molecule has 140 valence electrons. The molecule has 0 spiro atoms. The number of nitrogens with zero attached hydrogens (tertiary/aromatic N) is 1. The van der Waals surface area contributed by atoms with E-state index in [2.05, 4.69) is 29.0 Å². The van der Waals surface area contributed by atoms with Gasteiger partial charge in [-0.3, -0.25) is 9.59 Å². The van der Waals surface area contributed by atoms with Crippen molar-refractivity contribution in [1.29, 1.82) is 0 Å². The van der Waals surface area contributed by atoms with Crippen LogP contribution < -0.4 is 10.2 Å². The summed E-state index contributed by atoms with van der Waals surface area (Å²) < 4.78 is 0. The van der Waals surface area contributed by atoms with Gasteiger partial charge in [-0.05, 0) is 62.7 Å². The highest BCUT2D eigenvalue weighted by Gasteiger charge is 2.21. The lowest BCUT2D eigenvalue weighted by atomic mass is 10.1. The van der Waals surface area contributed by atoms with Gasteiger partial charge in [0.2, 0.25) is 0 Å². The van der Waals surface area contributed by atoms with Gasteiger partial charge in [0.25, 0.3) is 11.7 Å². The fourth-order valence-corrected chi connectivity index (χ4v) is 3.33. The van der Waals surface area contributed by atoms with Crippen LogP contribution in [0, 0.1) is 6.92 Å². The van der Waals surface area contributed by atoms with Gasteiger partial charge in [-0.15, -0.1) is 0 Å². The number of hydrogen-bond donors (Lipinski definition) is 2. The normalized spacial score (nSPS) is 10.8. The molecule has 2 aromatic carbocycles. The van der Waals surface area contributed by atoms with Gasteiger partial charge in [0.15, 0.2) is 0 Å². The van der Waals surface area contributed by atoms with E-state index in [4.69, 9.17) is 11.6 Å². The zero-order valence-corrected chi connectivity index (χ0v) is 16.4. The van der Waals surface area contributed by atoms with Gasteiger partial charge in [0.1, 0.15) is 0 Å². The number of hydrogen-bond acceptors (Lipinski definition) is 3. The van der Waals surface area contributed by atoms with Crippen LogP contribution in [-0.2, 0) is 4.79 Å². The summed E-state index contributed by atoms with van der Waals surface area (Å²) in [4.78, 5) is 30.4. The Morgan fingerprint density at radius 3 is 2.52 bits per heavy atom. The zero-order chi connectivity index (χ0) is 19.6. The lowest BCUT2D eigenvalue weighted by molar-refractivity contribution is -0.112. The number of fused-ring (bicyclic) bond motifs is 1. The molecular formula is C21H22ClN3O2. The summed E-state index contributed by atoms with van der Waals surface area (Å²) in [5.41, 5.74) is 3.69. The van der Waals surface area contributed by atoms with Crippen molar-refractivity contribution >= 4 is 45.6 Å². The van der Waals surface area contributed by atoms with Crippen LogP contribution in [0.1, 0.15) is 29.8 Å². The summed E-state index contributed by atoms with van der Waals surface area (Å²) in [6.45, 7) is 7.92. The maximum absolute atomic E-state index is 12.6. The molecule has 0 aliphatic rings. The highest BCUT2D eigenvalue weighted by molar-refractivity contribution is 6.48. The number of H-pyrrole nitrogens is 1. The fourth-order valence-electron chi connectivity index (χ4n) is 3.16. The van der Waals surface area contributed by atoms with Crippen molar-refractivity contribution in [3.05, 3.63) is 58.7 Å². The van der Waals surface area contributed by atoms with E-state index in [0.717, 1.165) is 29.9 Å². The zero-order valence-electron chi connectivity index (χ0n) is 15.6. The number of halogens is 1. The van der Waals surface area contributed by atoms with Crippen LogP contribution in [-0.4, -0.2) is 29.8 Å². The Morgan fingerprint density at radius 2 is 1.85 bits per heavy atom. The predicted octanol–water partition coefficient (Wildman–Crippen LogP) is 4.80. The molecule has 5 nitrogen and oxygen atoms in total. The van der Waals surface area contributed by atoms with Crippen molar-refractivity contribution in [2.24, 2.45) is 0 Å². The molecule has 0 saturated heterocycles. The summed E-state index contributed by atoms with van der Waals surface area (Å²) in [5.74, 6) is -1.27. The first kappa shape index (κ1) is 19.0. The molecule has 3 aromatic rings. The van der Waals surface area contributed by atoms with Crippen LogP contribution >= 0.6 is 11.6 Å². The van der Waals surface area contributed by atoms with E-state index in [1.54, 1.807) is 24.4 Å². The number of aromatic nitrogens is 1. The van der Waals surface area contributed by atoms with Gasteiger partial charge in [-0.1, -0.05) is 11.6 Å². The molecule has 0 atom stereocenters. The number of anilines is 2. The lowest BCUT2D eigenvalue weighted by Crippen LogP contribution is -2.24. The Hall–Kier alpha value is -2.79. The van der Waals surface area contributed by atoms with Gasteiger partial charge in [-0.25, -0.2) is 0 Å². The number of aryl methyl sites for hydroxylation is 1. The third-order valence-corrected chi connectivity index (χ3v) is 4.92. The first-order valence-corrected chi connectivity index (χ1v) is 9.30. The summed E-state index contributed by atoms with van der Waals surface area (Å²) in [7, 11) is 0. The van der Waals surface area contributed by atoms with E-state index < -0.39 is 11.7 Å². The second-order valence-corrected chi connectivity index (χ2v) is 6.78. The largest absolute Gasteiger partial charge is 0.372 e. The smallest absolute Gasteiger partial charge is 0.296 e. The minimum atomic E-state index is -0.672. The summed E-state index contributed by atoms with van der Waals surface area (Å²) in [6, 6.07) is 11.0. The number of rotatable bonds is 6. The van der Waals surface area contributed by atoms with E-state index in [9.17, 15) is 9.59 Å². The predicted molar refractivity (Wildman–Crippen MR) is 111 cm³/mol. The van der Waals surface area contributed by atoms with Crippen molar-refractivity contribution in [2.45, 2.75) is 20.8 Å². The molecule has 0 bridgehead atoms. The molecule has 0 aliphatic heterocycles. The Balaban J connectivity index is 1.82. The van der Waals surface area contributed by atoms with Crippen molar-refractivity contribution in [2.75, 3.05) is 23.3 Å². The molecule has 6 heteroatoms. The molecule has 2 N–H and O–H groups in total. The Bertz CT molecular complexity index is 1010. The van der Waals surface area contributed by atoms with E-state index >= 15 is 0 Å². The first-order valence-electron chi connectivity index (χ1n) is 8.92. The lowest BCUT2D eigenvalue weighted by Gasteiger charge is -2.22. The SMILES string of the molecule is CCN(CC)c1ccc(NC(=O)C(=O)c2c[nH]c3ccc(Cl)cc23)c(C)c1. The number of benzene rings is 2. The monoisotopic (exact) mass is 383 g/mol. The average Bonchev–Trinajstić information content (AvgIpc) is 3.07. The summed E-state index contributed by atoms with van der Waals surface area (Å²) in [5, 5.41) is 3.87. The molecule has 1 heterocycles. The van der Waals surface area contributed by atoms with Crippen LogP contribution in [0.3, 0.4) is 0 Å². The van der Waals surface area contributed by atoms with Gasteiger partial charge >= 0.3 is 0 Å². The second kappa shape index (κ2) is 7.84. The van der Waals surface area contributed by atoms with Crippen molar-refractivity contribution < 1.29 is 9.59 Å². The highest BCUT2D eigenvalue weighted by Crippen LogP contribution is 2.25. The Kier molecular flexibility index (Phi) is 5.51. The molecule has 1 aromatic heterocycles. The van der Waals surface area contributed by atoms with Crippen molar-refractivity contribution in [3.63, 3.8) is 0 Å². The third-order valence-electron chi connectivity index (χ3n) is 4.68. The first-order chi connectivity index (χ1) is 12.9. The number of ketones is 1. The van der Waals surface area contributed by atoms with Gasteiger partial charge in [-0.2, -0.15) is 0 Å². The van der Waals surface area contributed by atoms with Crippen LogP contribution in [0.2, 0.25) is 5.02 Å². The van der Waals surface area contributed by atoms with Crippen molar-refractivity contribution in [1.82, 2.24) is 4.98 Å². The minimum absolute atomic E-state index is 0.308. The standard InChI is InChI=1S/C21H22ClN3O2/c1-4-25(5-2)15-7-9-18(13(3)10-15)24-21(27)20(26)17-12-23-19-8-6-14(22)11-16(17)19/h6-12,23H,4-5H2,1-3H3,(H,24,27).